The van der Waals surface area contributed by atoms with Gasteiger partial charge in [-0.3, -0.25) is 4.98 Å². The van der Waals surface area contributed by atoms with Crippen molar-refractivity contribution in [3.05, 3.63) is 24.0 Å². The Morgan fingerprint density at radius 1 is 1.56 bits per heavy atom. The van der Waals surface area contributed by atoms with Crippen LogP contribution in [0.3, 0.4) is 0 Å². The van der Waals surface area contributed by atoms with Crippen molar-refractivity contribution in [1.82, 2.24) is 10.3 Å². The summed E-state index contributed by atoms with van der Waals surface area (Å²) >= 11 is 0. The minimum Gasteiger partial charge on any atom is -0.394 e. The first-order valence-corrected chi connectivity index (χ1v) is 6.11. The molecule has 5 heteroatoms. The third kappa shape index (κ3) is 4.00. The monoisotopic (exact) mass is 251 g/mol. The summed E-state index contributed by atoms with van der Waals surface area (Å²) in [5.74, 6) is 0. The number of amides is 2. The molecule has 0 saturated carbocycles. The zero-order valence-corrected chi connectivity index (χ0v) is 11.2. The molecule has 1 aromatic heterocycles. The normalized spacial score (nSPS) is 13.8. The molecule has 1 unspecified atom stereocenters. The average molecular weight is 251 g/mol. The number of nitrogens with zero attached hydrogens (tertiary/aromatic N) is 1. The molecule has 1 aromatic rings. The van der Waals surface area contributed by atoms with E-state index in [1.807, 2.05) is 20.8 Å². The summed E-state index contributed by atoms with van der Waals surface area (Å²) in [6.45, 7) is 5.64. The molecule has 1 rings (SSSR count). The van der Waals surface area contributed by atoms with Crippen LogP contribution < -0.4 is 10.6 Å². The molecule has 0 radical (unpaired) electrons. The fourth-order valence-electron chi connectivity index (χ4n) is 1.77. The van der Waals surface area contributed by atoms with Crippen molar-refractivity contribution in [1.29, 1.82) is 0 Å². The Morgan fingerprint density at radius 2 is 2.28 bits per heavy atom. The lowest BCUT2D eigenvalue weighted by molar-refractivity contribution is 0.167. The molecule has 0 spiro atoms. The highest BCUT2D eigenvalue weighted by Crippen LogP contribution is 2.14. The molecule has 0 aromatic carbocycles. The molecule has 0 aliphatic heterocycles. The summed E-state index contributed by atoms with van der Waals surface area (Å²) in [5, 5.41) is 14.9. The number of aromatic nitrogens is 1. The summed E-state index contributed by atoms with van der Waals surface area (Å²) < 4.78 is 0. The van der Waals surface area contributed by atoms with Crippen LogP contribution in [0.15, 0.2) is 18.5 Å². The Balaban J connectivity index is 2.64. The fraction of sp³-hybridized carbons (Fsp3) is 0.538. The van der Waals surface area contributed by atoms with E-state index >= 15 is 0 Å². The minimum atomic E-state index is -0.584. The van der Waals surface area contributed by atoms with Gasteiger partial charge in [0.15, 0.2) is 0 Å². The second-order valence-corrected chi connectivity index (χ2v) is 4.74. The van der Waals surface area contributed by atoms with Crippen LogP contribution in [-0.2, 0) is 0 Å². The van der Waals surface area contributed by atoms with Crippen LogP contribution in [-0.4, -0.2) is 28.3 Å². The van der Waals surface area contributed by atoms with Crippen molar-refractivity contribution >= 4 is 11.7 Å². The first-order chi connectivity index (χ1) is 8.50. The zero-order valence-electron chi connectivity index (χ0n) is 11.2. The molecule has 18 heavy (non-hydrogen) atoms. The predicted octanol–water partition coefficient (Wildman–Crippen LogP) is 2.06. The SMILES string of the molecule is CCCC(C)(CO)NC(=O)Nc1ccncc1C. The van der Waals surface area contributed by atoms with Gasteiger partial charge in [-0.2, -0.15) is 0 Å². The van der Waals surface area contributed by atoms with Crippen LogP contribution in [0.1, 0.15) is 32.3 Å². The third-order valence-corrected chi connectivity index (χ3v) is 2.83. The number of aryl methyl sites for hydroxylation is 1. The van der Waals surface area contributed by atoms with Gasteiger partial charge in [0, 0.05) is 18.1 Å². The predicted molar refractivity (Wildman–Crippen MR) is 71.5 cm³/mol. The molecular weight excluding hydrogens is 230 g/mol. The van der Waals surface area contributed by atoms with Gasteiger partial charge in [0.1, 0.15) is 0 Å². The van der Waals surface area contributed by atoms with Crippen LogP contribution in [0.25, 0.3) is 0 Å². The van der Waals surface area contributed by atoms with E-state index < -0.39 is 5.54 Å². The van der Waals surface area contributed by atoms with Crippen LogP contribution in [0, 0.1) is 6.92 Å². The van der Waals surface area contributed by atoms with E-state index in [1.54, 1.807) is 18.5 Å². The van der Waals surface area contributed by atoms with E-state index in [9.17, 15) is 9.90 Å². The molecule has 0 saturated heterocycles. The number of pyridine rings is 1. The minimum absolute atomic E-state index is 0.0798. The largest absolute Gasteiger partial charge is 0.394 e. The van der Waals surface area contributed by atoms with Gasteiger partial charge in [0.05, 0.1) is 12.1 Å². The third-order valence-electron chi connectivity index (χ3n) is 2.83. The summed E-state index contributed by atoms with van der Waals surface area (Å²) in [7, 11) is 0. The number of carbonyl (C=O) groups is 1. The molecule has 0 bridgehead atoms. The maximum absolute atomic E-state index is 11.9. The van der Waals surface area contributed by atoms with E-state index in [1.165, 1.54) is 0 Å². The van der Waals surface area contributed by atoms with Crippen molar-refractivity contribution in [2.75, 3.05) is 11.9 Å². The van der Waals surface area contributed by atoms with Gasteiger partial charge >= 0.3 is 6.03 Å². The molecule has 3 N–H and O–H groups in total. The Hall–Kier alpha value is -1.62. The number of anilines is 1. The van der Waals surface area contributed by atoms with Crippen molar-refractivity contribution < 1.29 is 9.90 Å². The number of hydrogen-bond donors (Lipinski definition) is 3. The van der Waals surface area contributed by atoms with Gasteiger partial charge in [0.2, 0.25) is 0 Å². The lowest BCUT2D eigenvalue weighted by atomic mass is 9.98. The number of nitrogens with one attached hydrogen (secondary N) is 2. The Bertz CT molecular complexity index is 409. The van der Waals surface area contributed by atoms with E-state index in [2.05, 4.69) is 15.6 Å². The maximum Gasteiger partial charge on any atom is 0.319 e. The molecule has 0 fully saturated rings. The van der Waals surface area contributed by atoms with E-state index in [-0.39, 0.29) is 12.6 Å². The van der Waals surface area contributed by atoms with Gasteiger partial charge in [-0.1, -0.05) is 13.3 Å². The molecule has 1 atom stereocenters. The molecule has 0 aliphatic rings. The lowest BCUT2D eigenvalue weighted by Crippen LogP contribution is -2.50. The van der Waals surface area contributed by atoms with E-state index in [0.29, 0.717) is 0 Å². The number of hydrogen-bond acceptors (Lipinski definition) is 3. The van der Waals surface area contributed by atoms with Gasteiger partial charge in [0.25, 0.3) is 0 Å². The standard InChI is InChI=1S/C13H21N3O2/c1-4-6-13(3,9-17)16-12(18)15-11-5-7-14-8-10(11)2/h5,7-8,17H,4,6,9H2,1-3H3,(H2,14,15,16,18). The Morgan fingerprint density at radius 3 is 2.83 bits per heavy atom. The van der Waals surface area contributed by atoms with Crippen molar-refractivity contribution in [2.24, 2.45) is 0 Å². The Kier molecular flexibility index (Phi) is 5.09. The van der Waals surface area contributed by atoms with Crippen molar-refractivity contribution in [3.8, 4) is 0 Å². The summed E-state index contributed by atoms with van der Waals surface area (Å²) in [5.41, 5.74) is 1.04. The molecule has 100 valence electrons. The first-order valence-electron chi connectivity index (χ1n) is 6.11. The number of carbonyl (C=O) groups excluding carboxylic acids is 1. The topological polar surface area (TPSA) is 74.2 Å². The maximum atomic E-state index is 11.9. The molecule has 1 heterocycles. The quantitative estimate of drug-likeness (QED) is 0.750. The zero-order chi connectivity index (χ0) is 13.6. The summed E-state index contributed by atoms with van der Waals surface area (Å²) in [4.78, 5) is 15.8. The molecule has 5 nitrogen and oxygen atoms in total. The second kappa shape index (κ2) is 6.35. The fourth-order valence-corrected chi connectivity index (χ4v) is 1.77. The van der Waals surface area contributed by atoms with Crippen molar-refractivity contribution in [2.45, 2.75) is 39.2 Å². The summed E-state index contributed by atoms with van der Waals surface area (Å²) in [6.07, 6.45) is 4.94. The smallest absolute Gasteiger partial charge is 0.319 e. The Labute approximate surface area is 108 Å². The van der Waals surface area contributed by atoms with Gasteiger partial charge in [-0.25, -0.2) is 4.79 Å². The lowest BCUT2D eigenvalue weighted by Gasteiger charge is -2.28. The van der Waals surface area contributed by atoms with Crippen LogP contribution in [0.4, 0.5) is 10.5 Å². The highest BCUT2D eigenvalue weighted by atomic mass is 16.3. The van der Waals surface area contributed by atoms with E-state index in [4.69, 9.17) is 0 Å². The van der Waals surface area contributed by atoms with E-state index in [0.717, 1.165) is 24.1 Å². The number of aliphatic hydroxyl groups excluding tert-OH is 1. The van der Waals surface area contributed by atoms with Crippen LogP contribution in [0.2, 0.25) is 0 Å². The van der Waals surface area contributed by atoms with Crippen LogP contribution >= 0.6 is 0 Å². The molecule has 0 aliphatic carbocycles. The number of urea groups is 1. The second-order valence-electron chi connectivity index (χ2n) is 4.74. The van der Waals surface area contributed by atoms with Crippen LogP contribution in [0.5, 0.6) is 0 Å². The molecule has 2 amide bonds. The highest BCUT2D eigenvalue weighted by Gasteiger charge is 2.24. The molecular formula is C13H21N3O2. The average Bonchev–Trinajstić information content (AvgIpc) is 2.32. The number of aliphatic hydroxyl groups is 1. The number of rotatable bonds is 5. The highest BCUT2D eigenvalue weighted by molar-refractivity contribution is 5.90. The van der Waals surface area contributed by atoms with Gasteiger partial charge in [-0.05, 0) is 31.9 Å². The summed E-state index contributed by atoms with van der Waals surface area (Å²) in [6, 6.07) is 1.43. The van der Waals surface area contributed by atoms with Gasteiger partial charge < -0.3 is 15.7 Å². The first kappa shape index (κ1) is 14.4. The van der Waals surface area contributed by atoms with Gasteiger partial charge in [-0.15, -0.1) is 0 Å². The van der Waals surface area contributed by atoms with Crippen molar-refractivity contribution in [3.63, 3.8) is 0 Å².